The summed E-state index contributed by atoms with van der Waals surface area (Å²) in [5.41, 5.74) is -1.41. The predicted molar refractivity (Wildman–Crippen MR) is 208 cm³/mol. The van der Waals surface area contributed by atoms with Crippen molar-refractivity contribution in [3.05, 3.63) is 72.3 Å². The number of ether oxygens (including phenoxy) is 4. The van der Waals surface area contributed by atoms with Gasteiger partial charge < -0.3 is 23.4 Å². The maximum absolute atomic E-state index is 17.0. The highest BCUT2D eigenvalue weighted by atomic mass is 35.5. The van der Waals surface area contributed by atoms with E-state index in [-0.39, 0.29) is 35.4 Å². The first kappa shape index (κ1) is 41.1. The molecule has 2 aromatic heterocycles. The largest absolute Gasteiger partial charge is 0.509 e. The standard InChI is InChI=1S/C39H51ClFN5O7Si/c1-11-22-45(35(47)52-37(2,3)4)31-29-32(44-34(40)43-31)46(24-42-29)33-28(41)30(51-36(48)53-38(5,6)7)27(50-33)23-49-54(39(8,9)10,25-18-14-12-15-19-25)26-20-16-13-17-21-26/h12-21,24,27-28,30,33H,11,22-23H2,1-10H3/t27-,28+,30-,33-/m1/s1. The lowest BCUT2D eigenvalue weighted by Crippen LogP contribution is -2.67. The molecule has 1 saturated heterocycles. The Morgan fingerprint density at radius 3 is 2.00 bits per heavy atom. The molecule has 12 nitrogen and oxygen atoms in total. The van der Waals surface area contributed by atoms with Gasteiger partial charge in [-0.3, -0.25) is 9.47 Å². The van der Waals surface area contributed by atoms with Gasteiger partial charge in [-0.05, 0) is 75.0 Å². The van der Waals surface area contributed by atoms with Crippen molar-refractivity contribution in [2.45, 2.75) is 117 Å². The van der Waals surface area contributed by atoms with Crippen LogP contribution < -0.4 is 15.3 Å². The molecule has 1 amide bonds. The number of hydrogen-bond acceptors (Lipinski definition) is 10. The molecule has 0 N–H and O–H groups in total. The molecule has 0 bridgehead atoms. The highest BCUT2D eigenvalue weighted by molar-refractivity contribution is 6.99. The van der Waals surface area contributed by atoms with E-state index in [1.807, 2.05) is 67.6 Å². The first-order valence-corrected chi connectivity index (χ1v) is 20.4. The molecular weight excluding hydrogens is 733 g/mol. The van der Waals surface area contributed by atoms with E-state index in [9.17, 15) is 9.59 Å². The summed E-state index contributed by atoms with van der Waals surface area (Å²) in [7, 11) is -3.12. The second-order valence-electron chi connectivity index (χ2n) is 16.3. The van der Waals surface area contributed by atoms with Gasteiger partial charge in [0.15, 0.2) is 35.5 Å². The van der Waals surface area contributed by atoms with E-state index >= 15 is 4.39 Å². The molecule has 1 aliphatic heterocycles. The average Bonchev–Trinajstić information content (AvgIpc) is 3.62. The summed E-state index contributed by atoms with van der Waals surface area (Å²) < 4.78 is 48.7. The summed E-state index contributed by atoms with van der Waals surface area (Å²) >= 11 is 6.45. The molecule has 292 valence electrons. The zero-order chi connectivity index (χ0) is 39.6. The van der Waals surface area contributed by atoms with Crippen LogP contribution in [0.15, 0.2) is 67.0 Å². The van der Waals surface area contributed by atoms with Crippen molar-refractivity contribution >= 4 is 59.5 Å². The second kappa shape index (κ2) is 15.9. The number of benzene rings is 2. The molecule has 1 aliphatic rings. The molecule has 3 heterocycles. The minimum atomic E-state index is -3.12. The Morgan fingerprint density at radius 2 is 1.48 bits per heavy atom. The number of halogens is 2. The number of anilines is 1. The van der Waals surface area contributed by atoms with Gasteiger partial charge in [-0.1, -0.05) is 88.4 Å². The molecule has 0 radical (unpaired) electrons. The van der Waals surface area contributed by atoms with E-state index in [1.54, 1.807) is 41.5 Å². The van der Waals surface area contributed by atoms with Crippen LogP contribution in [0.3, 0.4) is 0 Å². The summed E-state index contributed by atoms with van der Waals surface area (Å²) in [6, 6.07) is 20.0. The van der Waals surface area contributed by atoms with E-state index in [4.69, 9.17) is 35.0 Å². The Labute approximate surface area is 322 Å². The lowest BCUT2D eigenvalue weighted by atomic mass is 10.1. The summed E-state index contributed by atoms with van der Waals surface area (Å²) in [5.74, 6) is 0.0985. The monoisotopic (exact) mass is 783 g/mol. The lowest BCUT2D eigenvalue weighted by Gasteiger charge is -2.43. The SMILES string of the molecule is CCCN(C(=O)OC(C)(C)C)c1nc(Cl)nc2c1ncn2[C@@H]1O[C@H](CO[Si](c2ccccc2)(c2ccccc2)C(C)(C)C)[C@@H](OC(=O)OC(C)(C)C)[C@@H]1F. The number of alkyl halides is 1. The summed E-state index contributed by atoms with van der Waals surface area (Å²) in [6.45, 7) is 18.7. The van der Waals surface area contributed by atoms with Crippen LogP contribution in [0.4, 0.5) is 19.8 Å². The van der Waals surface area contributed by atoms with Crippen molar-refractivity contribution in [1.29, 1.82) is 0 Å². The molecule has 54 heavy (non-hydrogen) atoms. The van der Waals surface area contributed by atoms with Gasteiger partial charge in [-0.15, -0.1) is 0 Å². The third-order valence-corrected chi connectivity index (χ3v) is 13.9. The molecule has 0 saturated carbocycles. The number of carbonyl (C=O) groups is 2. The van der Waals surface area contributed by atoms with Crippen LogP contribution in [0.5, 0.6) is 0 Å². The third-order valence-electron chi connectivity index (χ3n) is 8.74. The molecule has 2 aromatic carbocycles. The third kappa shape index (κ3) is 8.88. The maximum atomic E-state index is 17.0. The van der Waals surface area contributed by atoms with Crippen molar-refractivity contribution in [2.75, 3.05) is 18.1 Å². The first-order chi connectivity index (χ1) is 25.3. The number of amides is 1. The van der Waals surface area contributed by atoms with Gasteiger partial charge in [-0.2, -0.15) is 9.97 Å². The van der Waals surface area contributed by atoms with Gasteiger partial charge >= 0.3 is 12.2 Å². The lowest BCUT2D eigenvalue weighted by molar-refractivity contribution is -0.0662. The summed E-state index contributed by atoms with van der Waals surface area (Å²) in [6.07, 6.45) is -5.66. The fraction of sp³-hybridized carbons (Fsp3) is 0.513. The van der Waals surface area contributed by atoms with Crippen LogP contribution in [0.2, 0.25) is 10.3 Å². The van der Waals surface area contributed by atoms with Crippen LogP contribution in [0.1, 0.15) is 81.9 Å². The van der Waals surface area contributed by atoms with Crippen LogP contribution in [0, 0.1) is 0 Å². The van der Waals surface area contributed by atoms with Gasteiger partial charge in [0.25, 0.3) is 8.32 Å². The molecule has 0 unspecified atom stereocenters. The minimum absolute atomic E-state index is 0.0985. The zero-order valence-corrected chi connectivity index (χ0v) is 34.4. The predicted octanol–water partition coefficient (Wildman–Crippen LogP) is 7.76. The highest BCUT2D eigenvalue weighted by Gasteiger charge is 2.54. The van der Waals surface area contributed by atoms with E-state index < -0.39 is 61.4 Å². The number of hydrogen-bond donors (Lipinski definition) is 0. The molecule has 5 rings (SSSR count). The van der Waals surface area contributed by atoms with Gasteiger partial charge in [0, 0.05) is 6.54 Å². The number of aromatic nitrogens is 4. The summed E-state index contributed by atoms with van der Waals surface area (Å²) in [5, 5.41) is 1.43. The van der Waals surface area contributed by atoms with Gasteiger partial charge in [0.05, 0.1) is 12.9 Å². The Balaban J connectivity index is 1.57. The van der Waals surface area contributed by atoms with Crippen molar-refractivity contribution in [3.8, 4) is 0 Å². The molecule has 4 atom stereocenters. The van der Waals surface area contributed by atoms with E-state index in [2.05, 4.69) is 35.7 Å². The van der Waals surface area contributed by atoms with E-state index in [0.29, 0.717) is 6.42 Å². The fourth-order valence-electron chi connectivity index (χ4n) is 6.62. The number of carbonyl (C=O) groups excluding carboxylic acids is 2. The van der Waals surface area contributed by atoms with Crippen LogP contribution in [-0.4, -0.2) is 82.8 Å². The van der Waals surface area contributed by atoms with Gasteiger partial charge in [0.2, 0.25) is 5.28 Å². The topological polar surface area (TPSA) is 127 Å². The van der Waals surface area contributed by atoms with Crippen LogP contribution >= 0.6 is 11.6 Å². The quantitative estimate of drug-likeness (QED) is 0.0895. The second-order valence-corrected chi connectivity index (χ2v) is 20.9. The molecule has 0 spiro atoms. The molecule has 0 aliphatic carbocycles. The van der Waals surface area contributed by atoms with Crippen molar-refractivity contribution in [2.24, 2.45) is 0 Å². The number of rotatable bonds is 10. The average molecular weight is 784 g/mol. The Kier molecular flexibility index (Phi) is 12.1. The fourth-order valence-corrected chi connectivity index (χ4v) is 11.4. The first-order valence-electron chi connectivity index (χ1n) is 18.1. The number of imidazole rings is 1. The van der Waals surface area contributed by atoms with Crippen molar-refractivity contribution < 1.29 is 37.4 Å². The Hall–Kier alpha value is -4.11. The Morgan fingerprint density at radius 1 is 0.907 bits per heavy atom. The highest BCUT2D eigenvalue weighted by Crippen LogP contribution is 2.41. The number of nitrogens with zero attached hydrogens (tertiary/aromatic N) is 5. The summed E-state index contributed by atoms with van der Waals surface area (Å²) in [4.78, 5) is 41.0. The van der Waals surface area contributed by atoms with Gasteiger partial charge in [-0.25, -0.2) is 19.0 Å². The van der Waals surface area contributed by atoms with E-state index in [0.717, 1.165) is 10.4 Å². The van der Waals surface area contributed by atoms with Crippen molar-refractivity contribution in [3.63, 3.8) is 0 Å². The molecule has 4 aromatic rings. The normalized spacial score (nSPS) is 19.5. The maximum Gasteiger partial charge on any atom is 0.509 e. The molecule has 1 fully saturated rings. The minimum Gasteiger partial charge on any atom is -0.443 e. The van der Waals surface area contributed by atoms with Crippen LogP contribution in [-0.2, 0) is 23.4 Å². The molecule has 15 heteroatoms. The zero-order valence-electron chi connectivity index (χ0n) is 32.6. The Bertz CT molecular complexity index is 1870. The smallest absolute Gasteiger partial charge is 0.443 e. The number of fused-ring (bicyclic) bond motifs is 1. The van der Waals surface area contributed by atoms with E-state index in [1.165, 1.54) is 15.8 Å². The van der Waals surface area contributed by atoms with Crippen LogP contribution in [0.25, 0.3) is 11.2 Å². The van der Waals surface area contributed by atoms with Gasteiger partial charge in [0.1, 0.15) is 17.3 Å². The van der Waals surface area contributed by atoms with Crippen molar-refractivity contribution in [1.82, 2.24) is 19.5 Å². The molecular formula is C39H51ClFN5O7Si.